The van der Waals surface area contributed by atoms with E-state index >= 15 is 0 Å². The lowest BCUT2D eigenvalue weighted by Gasteiger charge is -2.16. The Kier molecular flexibility index (Phi) is 2.97. The molecule has 1 fully saturated rings. The maximum absolute atomic E-state index is 11.9. The topological polar surface area (TPSA) is 63.4 Å². The van der Waals surface area contributed by atoms with Crippen molar-refractivity contribution in [2.45, 2.75) is 18.6 Å². The number of hydrogen-bond donors (Lipinski definition) is 0. The second-order valence-electron chi connectivity index (χ2n) is 4.92. The summed E-state index contributed by atoms with van der Waals surface area (Å²) < 4.78 is 29.4. The van der Waals surface area contributed by atoms with Crippen LogP contribution in [0.2, 0.25) is 0 Å². The molecule has 0 spiro atoms. The molecule has 1 saturated heterocycles. The zero-order valence-corrected chi connectivity index (χ0v) is 11.6. The molecule has 1 atom stereocenters. The number of oxazole rings is 1. The van der Waals surface area contributed by atoms with Crippen LogP contribution in [0.5, 0.6) is 0 Å². The molecule has 5 nitrogen and oxygen atoms in total. The third-order valence-electron chi connectivity index (χ3n) is 3.62. The van der Waals surface area contributed by atoms with E-state index in [1.165, 1.54) is 0 Å². The van der Waals surface area contributed by atoms with Crippen LogP contribution < -0.4 is 4.90 Å². The molecule has 2 heterocycles. The number of benzene rings is 1. The van der Waals surface area contributed by atoms with Gasteiger partial charge >= 0.3 is 0 Å². The summed E-state index contributed by atoms with van der Waals surface area (Å²) >= 11 is 0. The van der Waals surface area contributed by atoms with Gasteiger partial charge in [-0.25, -0.2) is 8.42 Å². The molecular formula is C13H16N2O3S. The average molecular weight is 280 g/mol. The molecule has 19 heavy (non-hydrogen) atoms. The molecule has 1 unspecified atom stereocenters. The SMILES string of the molecule is CC1CCN(c2nc3ccccc3o2)CCS1(=O)=O. The van der Waals surface area contributed by atoms with Crippen LogP contribution in [-0.4, -0.2) is 37.5 Å². The van der Waals surface area contributed by atoms with E-state index in [9.17, 15) is 8.42 Å². The minimum Gasteiger partial charge on any atom is -0.423 e. The van der Waals surface area contributed by atoms with Gasteiger partial charge in [0.25, 0.3) is 6.01 Å². The van der Waals surface area contributed by atoms with Crippen LogP contribution >= 0.6 is 0 Å². The minimum atomic E-state index is -2.98. The number of rotatable bonds is 1. The molecule has 2 aromatic rings. The largest absolute Gasteiger partial charge is 0.423 e. The first-order valence-electron chi connectivity index (χ1n) is 6.38. The molecule has 0 saturated carbocycles. The summed E-state index contributed by atoms with van der Waals surface area (Å²) in [6, 6.07) is 8.07. The Hall–Kier alpha value is -1.56. The molecule has 3 rings (SSSR count). The highest BCUT2D eigenvalue weighted by Gasteiger charge is 2.28. The van der Waals surface area contributed by atoms with Crippen LogP contribution in [-0.2, 0) is 9.84 Å². The van der Waals surface area contributed by atoms with Crippen molar-refractivity contribution in [2.75, 3.05) is 23.7 Å². The Labute approximate surface area is 112 Å². The number of hydrogen-bond acceptors (Lipinski definition) is 5. The number of sulfone groups is 1. The molecule has 0 bridgehead atoms. The third kappa shape index (κ3) is 2.32. The summed E-state index contributed by atoms with van der Waals surface area (Å²) in [5.74, 6) is 0.160. The molecule has 102 valence electrons. The number of nitrogens with zero attached hydrogens (tertiary/aromatic N) is 2. The lowest BCUT2D eigenvalue weighted by Crippen LogP contribution is -2.26. The summed E-state index contributed by atoms with van der Waals surface area (Å²) in [6.45, 7) is 2.87. The van der Waals surface area contributed by atoms with Gasteiger partial charge in [0.1, 0.15) is 5.52 Å². The Morgan fingerprint density at radius 1 is 1.32 bits per heavy atom. The Bertz CT molecular complexity index is 660. The molecule has 1 aliphatic heterocycles. The Morgan fingerprint density at radius 2 is 2.11 bits per heavy atom. The molecule has 1 aliphatic rings. The van der Waals surface area contributed by atoms with Gasteiger partial charge in [-0.1, -0.05) is 12.1 Å². The number of para-hydroxylation sites is 2. The van der Waals surface area contributed by atoms with Gasteiger partial charge in [-0.3, -0.25) is 0 Å². The standard InChI is InChI=1S/C13H16N2O3S/c1-10-6-7-15(8-9-19(10,16)17)13-14-11-4-2-3-5-12(11)18-13/h2-5,10H,6-9H2,1H3. The quantitative estimate of drug-likeness (QED) is 0.797. The van der Waals surface area contributed by atoms with Crippen LogP contribution in [0.4, 0.5) is 6.01 Å². The maximum Gasteiger partial charge on any atom is 0.298 e. The van der Waals surface area contributed by atoms with E-state index in [1.54, 1.807) is 6.92 Å². The molecule has 6 heteroatoms. The summed E-state index contributed by atoms with van der Waals surface area (Å²) in [7, 11) is -2.98. The normalized spacial score (nSPS) is 23.4. The number of fused-ring (bicyclic) bond motifs is 1. The van der Waals surface area contributed by atoms with Crippen molar-refractivity contribution in [3.63, 3.8) is 0 Å². The molecule has 0 aliphatic carbocycles. The molecule has 0 radical (unpaired) electrons. The monoisotopic (exact) mass is 280 g/mol. The van der Waals surface area contributed by atoms with Crippen molar-refractivity contribution < 1.29 is 12.8 Å². The molecule has 1 aromatic heterocycles. The minimum absolute atomic E-state index is 0.160. The van der Waals surface area contributed by atoms with Gasteiger partial charge in [0.2, 0.25) is 0 Å². The summed E-state index contributed by atoms with van der Waals surface area (Å²) in [4.78, 5) is 6.33. The lowest BCUT2D eigenvalue weighted by molar-refractivity contribution is 0.567. The smallest absolute Gasteiger partial charge is 0.298 e. The van der Waals surface area contributed by atoms with Gasteiger partial charge in [0.15, 0.2) is 15.4 Å². The average Bonchev–Trinajstić information content (AvgIpc) is 2.76. The van der Waals surface area contributed by atoms with Gasteiger partial charge in [0, 0.05) is 13.1 Å². The molecular weight excluding hydrogens is 264 g/mol. The number of aromatic nitrogens is 1. The highest BCUT2D eigenvalue weighted by atomic mass is 32.2. The Morgan fingerprint density at radius 3 is 2.89 bits per heavy atom. The van der Waals surface area contributed by atoms with Gasteiger partial charge in [-0.05, 0) is 25.5 Å². The second-order valence-corrected chi connectivity index (χ2v) is 7.46. The van der Waals surface area contributed by atoms with Crippen molar-refractivity contribution in [1.82, 2.24) is 4.98 Å². The van der Waals surface area contributed by atoms with E-state index in [0.29, 0.717) is 25.5 Å². The second kappa shape index (κ2) is 4.52. The van der Waals surface area contributed by atoms with Crippen molar-refractivity contribution in [2.24, 2.45) is 0 Å². The van der Waals surface area contributed by atoms with Crippen molar-refractivity contribution in [3.05, 3.63) is 24.3 Å². The maximum atomic E-state index is 11.9. The first-order chi connectivity index (χ1) is 9.06. The number of anilines is 1. The van der Waals surface area contributed by atoms with Gasteiger partial charge in [-0.2, -0.15) is 4.98 Å². The molecule has 1 aromatic carbocycles. The van der Waals surface area contributed by atoms with Crippen molar-refractivity contribution in [3.8, 4) is 0 Å². The fourth-order valence-electron chi connectivity index (χ4n) is 2.25. The van der Waals surface area contributed by atoms with Crippen LogP contribution in [0.15, 0.2) is 28.7 Å². The van der Waals surface area contributed by atoms with Crippen LogP contribution in [0, 0.1) is 0 Å². The highest BCUT2D eigenvalue weighted by molar-refractivity contribution is 7.92. The van der Waals surface area contributed by atoms with E-state index in [4.69, 9.17) is 4.42 Å². The zero-order valence-electron chi connectivity index (χ0n) is 10.7. The summed E-state index contributed by atoms with van der Waals surface area (Å²) in [5.41, 5.74) is 1.54. The molecule has 0 N–H and O–H groups in total. The fraction of sp³-hybridized carbons (Fsp3) is 0.462. The van der Waals surface area contributed by atoms with Gasteiger partial charge in [-0.15, -0.1) is 0 Å². The summed E-state index contributed by atoms with van der Waals surface area (Å²) in [5, 5.41) is -0.290. The summed E-state index contributed by atoms with van der Waals surface area (Å²) in [6.07, 6.45) is 0.612. The first-order valence-corrected chi connectivity index (χ1v) is 8.10. The van der Waals surface area contributed by atoms with Crippen LogP contribution in [0.25, 0.3) is 11.1 Å². The van der Waals surface area contributed by atoms with Gasteiger partial charge in [0.05, 0.1) is 11.0 Å². The predicted molar refractivity (Wildman–Crippen MR) is 74.1 cm³/mol. The van der Waals surface area contributed by atoms with E-state index in [-0.39, 0.29) is 11.0 Å². The highest BCUT2D eigenvalue weighted by Crippen LogP contribution is 2.24. The Balaban J connectivity index is 1.90. The van der Waals surface area contributed by atoms with Crippen molar-refractivity contribution in [1.29, 1.82) is 0 Å². The van der Waals surface area contributed by atoms with E-state index < -0.39 is 9.84 Å². The first kappa shape index (κ1) is 12.5. The zero-order chi connectivity index (χ0) is 13.5. The lowest BCUT2D eigenvalue weighted by atomic mass is 10.3. The van der Waals surface area contributed by atoms with Crippen LogP contribution in [0.3, 0.4) is 0 Å². The van der Waals surface area contributed by atoms with Crippen LogP contribution in [0.1, 0.15) is 13.3 Å². The van der Waals surface area contributed by atoms with E-state index in [1.807, 2.05) is 29.2 Å². The fourth-order valence-corrected chi connectivity index (χ4v) is 3.60. The predicted octanol–water partition coefficient (Wildman–Crippen LogP) is 1.84. The van der Waals surface area contributed by atoms with E-state index in [0.717, 1.165) is 11.1 Å². The van der Waals surface area contributed by atoms with Gasteiger partial charge < -0.3 is 9.32 Å². The molecule has 0 amide bonds. The van der Waals surface area contributed by atoms with Crippen molar-refractivity contribution >= 4 is 27.0 Å². The van der Waals surface area contributed by atoms with E-state index in [2.05, 4.69) is 4.98 Å². The third-order valence-corrected chi connectivity index (χ3v) is 5.83.